The summed E-state index contributed by atoms with van der Waals surface area (Å²) in [5, 5.41) is 0. The molecule has 0 N–H and O–H groups in total. The second kappa shape index (κ2) is 7.13. The monoisotopic (exact) mass is 312 g/mol. The van der Waals surface area contributed by atoms with Gasteiger partial charge in [-0.05, 0) is 33.6 Å². The zero-order valence-corrected chi connectivity index (χ0v) is 13.1. The maximum Gasteiger partial charge on any atom is 0.422 e. The number of hydrogen-bond acceptors (Lipinski definition) is 4. The third-order valence-corrected chi connectivity index (χ3v) is 3.44. The Labute approximate surface area is 123 Å². The molecule has 0 aliphatic carbocycles. The molecule has 0 saturated heterocycles. The Morgan fingerprint density at radius 2 is 1.52 bits per heavy atom. The van der Waals surface area contributed by atoms with Gasteiger partial charge in [0.25, 0.3) is 0 Å². The molecular formula is C14H23F3O4. The number of hydrogen-bond donors (Lipinski definition) is 0. The minimum atomic E-state index is -4.57. The molecule has 0 heterocycles. The summed E-state index contributed by atoms with van der Waals surface area (Å²) in [5.74, 6) is -1.53. The Morgan fingerprint density at radius 1 is 1.00 bits per heavy atom. The molecule has 0 spiro atoms. The van der Waals surface area contributed by atoms with E-state index >= 15 is 0 Å². The number of esters is 2. The van der Waals surface area contributed by atoms with Crippen LogP contribution in [-0.4, -0.2) is 30.3 Å². The largest absolute Gasteiger partial charge is 0.458 e. The number of carbonyl (C=O) groups excluding carboxylic acids is 2. The number of rotatable bonds is 7. The zero-order chi connectivity index (χ0) is 16.9. The fourth-order valence-electron chi connectivity index (χ4n) is 1.26. The van der Waals surface area contributed by atoms with Gasteiger partial charge >= 0.3 is 18.1 Å². The fraction of sp³-hybridized carbons (Fsp3) is 0.857. The Kier molecular flexibility index (Phi) is 6.70. The van der Waals surface area contributed by atoms with Crippen LogP contribution in [0.15, 0.2) is 0 Å². The lowest BCUT2D eigenvalue weighted by molar-refractivity contribution is -0.192. The Bertz CT molecular complexity index is 377. The van der Waals surface area contributed by atoms with Crippen LogP contribution in [0.4, 0.5) is 13.2 Å². The van der Waals surface area contributed by atoms with Crippen molar-refractivity contribution >= 4 is 11.9 Å². The van der Waals surface area contributed by atoms with E-state index in [2.05, 4.69) is 4.74 Å². The molecule has 0 rings (SSSR count). The number of alkyl halides is 3. The highest BCUT2D eigenvalue weighted by Gasteiger charge is 2.37. The summed E-state index contributed by atoms with van der Waals surface area (Å²) in [4.78, 5) is 23.5. The lowest BCUT2D eigenvalue weighted by Gasteiger charge is -2.32. The SMILES string of the molecule is CCC(C)(CC(=O)OCC(F)(F)F)OC(=O)C(C)(C)CC. The molecule has 21 heavy (non-hydrogen) atoms. The van der Waals surface area contributed by atoms with E-state index in [1.54, 1.807) is 20.8 Å². The van der Waals surface area contributed by atoms with Gasteiger partial charge in [-0.25, -0.2) is 0 Å². The molecule has 0 aromatic carbocycles. The van der Waals surface area contributed by atoms with Crippen molar-refractivity contribution in [3.63, 3.8) is 0 Å². The second-order valence-electron chi connectivity index (χ2n) is 5.88. The Hall–Kier alpha value is -1.27. The molecule has 0 aliphatic rings. The first kappa shape index (κ1) is 19.7. The van der Waals surface area contributed by atoms with Gasteiger partial charge in [0.15, 0.2) is 6.61 Å². The first-order chi connectivity index (χ1) is 9.35. The summed E-state index contributed by atoms with van der Waals surface area (Å²) in [6.07, 6.45) is -4.14. The minimum Gasteiger partial charge on any atom is -0.458 e. The molecule has 0 aromatic rings. The third-order valence-electron chi connectivity index (χ3n) is 3.44. The first-order valence-electron chi connectivity index (χ1n) is 6.81. The molecule has 0 saturated carbocycles. The van der Waals surface area contributed by atoms with E-state index in [-0.39, 0.29) is 0 Å². The van der Waals surface area contributed by atoms with Crippen LogP contribution in [0.2, 0.25) is 0 Å². The van der Waals surface area contributed by atoms with Crippen LogP contribution in [0, 0.1) is 5.41 Å². The average Bonchev–Trinajstić information content (AvgIpc) is 2.35. The van der Waals surface area contributed by atoms with E-state index < -0.39 is 42.2 Å². The summed E-state index contributed by atoms with van der Waals surface area (Å²) >= 11 is 0. The van der Waals surface area contributed by atoms with Crippen molar-refractivity contribution < 1.29 is 32.2 Å². The maximum absolute atomic E-state index is 12.0. The average molecular weight is 312 g/mol. The van der Waals surface area contributed by atoms with Crippen LogP contribution < -0.4 is 0 Å². The van der Waals surface area contributed by atoms with Crippen LogP contribution in [0.25, 0.3) is 0 Å². The van der Waals surface area contributed by atoms with Gasteiger partial charge in [0.2, 0.25) is 0 Å². The molecule has 4 nitrogen and oxygen atoms in total. The summed E-state index contributed by atoms with van der Waals surface area (Å²) in [5.41, 5.74) is -1.89. The number of carbonyl (C=O) groups is 2. The lowest BCUT2D eigenvalue weighted by Crippen LogP contribution is -2.39. The molecular weight excluding hydrogens is 289 g/mol. The number of ether oxygens (including phenoxy) is 2. The highest BCUT2D eigenvalue weighted by Crippen LogP contribution is 2.28. The Morgan fingerprint density at radius 3 is 1.90 bits per heavy atom. The second-order valence-corrected chi connectivity index (χ2v) is 5.88. The molecule has 0 fully saturated rings. The molecule has 124 valence electrons. The minimum absolute atomic E-state index is 0.291. The third kappa shape index (κ3) is 7.34. The topological polar surface area (TPSA) is 52.6 Å². The van der Waals surface area contributed by atoms with Gasteiger partial charge in [0.05, 0.1) is 11.8 Å². The van der Waals surface area contributed by atoms with Crippen molar-refractivity contribution in [1.82, 2.24) is 0 Å². The summed E-state index contributed by atoms with van der Waals surface area (Å²) < 4.78 is 45.4. The molecule has 0 aromatic heterocycles. The molecule has 1 unspecified atom stereocenters. The van der Waals surface area contributed by atoms with Crippen LogP contribution in [0.3, 0.4) is 0 Å². The van der Waals surface area contributed by atoms with Gasteiger partial charge < -0.3 is 9.47 Å². The van der Waals surface area contributed by atoms with Crippen molar-refractivity contribution in [2.24, 2.45) is 5.41 Å². The zero-order valence-electron chi connectivity index (χ0n) is 13.1. The summed E-state index contributed by atoms with van der Waals surface area (Å²) in [7, 11) is 0. The van der Waals surface area contributed by atoms with E-state index in [1.807, 2.05) is 6.92 Å². The van der Waals surface area contributed by atoms with Crippen LogP contribution in [0.5, 0.6) is 0 Å². The molecule has 0 aliphatic heterocycles. The van der Waals surface area contributed by atoms with Crippen molar-refractivity contribution in [2.45, 2.75) is 65.7 Å². The first-order valence-corrected chi connectivity index (χ1v) is 6.81. The van der Waals surface area contributed by atoms with E-state index in [0.717, 1.165) is 0 Å². The van der Waals surface area contributed by atoms with Crippen LogP contribution >= 0.6 is 0 Å². The van der Waals surface area contributed by atoms with Gasteiger partial charge in [-0.1, -0.05) is 13.8 Å². The predicted octanol–water partition coefficient (Wildman–Crippen LogP) is 3.63. The van der Waals surface area contributed by atoms with Crippen molar-refractivity contribution in [2.75, 3.05) is 6.61 Å². The quantitative estimate of drug-likeness (QED) is 0.674. The molecule has 0 radical (unpaired) electrons. The van der Waals surface area contributed by atoms with Crippen molar-refractivity contribution in [3.05, 3.63) is 0 Å². The molecule has 7 heteroatoms. The van der Waals surface area contributed by atoms with Gasteiger partial charge in [-0.2, -0.15) is 13.2 Å². The van der Waals surface area contributed by atoms with E-state index in [1.165, 1.54) is 6.92 Å². The smallest absolute Gasteiger partial charge is 0.422 e. The highest BCUT2D eigenvalue weighted by atomic mass is 19.4. The van der Waals surface area contributed by atoms with Crippen LogP contribution in [-0.2, 0) is 19.1 Å². The standard InChI is InChI=1S/C14H23F3O4/c1-6-12(3,4)11(19)21-13(5,7-2)8-10(18)20-9-14(15,16)17/h6-9H2,1-5H3. The predicted molar refractivity (Wildman–Crippen MR) is 70.5 cm³/mol. The summed E-state index contributed by atoms with van der Waals surface area (Å²) in [6.45, 7) is 6.78. The van der Waals surface area contributed by atoms with E-state index in [9.17, 15) is 22.8 Å². The molecule has 0 amide bonds. The fourth-order valence-corrected chi connectivity index (χ4v) is 1.26. The van der Waals surface area contributed by atoms with E-state index in [4.69, 9.17) is 4.74 Å². The van der Waals surface area contributed by atoms with Gasteiger partial charge in [-0.15, -0.1) is 0 Å². The maximum atomic E-state index is 12.0. The van der Waals surface area contributed by atoms with Gasteiger partial charge in [0, 0.05) is 0 Å². The van der Waals surface area contributed by atoms with Crippen molar-refractivity contribution in [3.8, 4) is 0 Å². The van der Waals surface area contributed by atoms with Gasteiger partial charge in [-0.3, -0.25) is 9.59 Å². The highest BCUT2D eigenvalue weighted by molar-refractivity contribution is 5.77. The number of halogens is 3. The van der Waals surface area contributed by atoms with E-state index in [0.29, 0.717) is 12.8 Å². The van der Waals surface area contributed by atoms with Crippen LogP contribution in [0.1, 0.15) is 53.9 Å². The van der Waals surface area contributed by atoms with Crippen molar-refractivity contribution in [1.29, 1.82) is 0 Å². The molecule has 1 atom stereocenters. The normalized spacial score (nSPS) is 15.2. The lowest BCUT2D eigenvalue weighted by atomic mass is 9.89. The summed E-state index contributed by atoms with van der Waals surface area (Å²) in [6, 6.07) is 0. The molecule has 0 bridgehead atoms. The Balaban J connectivity index is 4.67. The van der Waals surface area contributed by atoms with Gasteiger partial charge in [0.1, 0.15) is 5.60 Å².